The highest BCUT2D eigenvalue weighted by Crippen LogP contribution is 2.40. The van der Waals surface area contributed by atoms with Crippen molar-refractivity contribution < 1.29 is 4.42 Å². The highest BCUT2D eigenvalue weighted by atomic mass is 16.3. The largest absolute Gasteiger partial charge is 0.436 e. The second-order valence-corrected chi connectivity index (χ2v) is 11.7. The normalized spacial score (nSPS) is 10.8. The van der Waals surface area contributed by atoms with Crippen molar-refractivity contribution in [3.05, 3.63) is 181 Å². The molecule has 7 aromatic carbocycles. The van der Waals surface area contributed by atoms with Gasteiger partial charge in [-0.2, -0.15) is 0 Å². The van der Waals surface area contributed by atoms with Crippen LogP contribution in [0.1, 0.15) is 19.4 Å². The summed E-state index contributed by atoms with van der Waals surface area (Å²) >= 11 is 0. The fourth-order valence-electron chi connectivity index (χ4n) is 6.33. The summed E-state index contributed by atoms with van der Waals surface area (Å²) in [7, 11) is 0. The first-order valence-electron chi connectivity index (χ1n) is 16.9. The van der Waals surface area contributed by atoms with Gasteiger partial charge in [0.1, 0.15) is 5.52 Å². The molecule has 0 aliphatic rings. The van der Waals surface area contributed by atoms with Gasteiger partial charge in [0.05, 0.1) is 0 Å². The van der Waals surface area contributed by atoms with Gasteiger partial charge in [-0.3, -0.25) is 0 Å². The van der Waals surface area contributed by atoms with Crippen molar-refractivity contribution in [1.82, 2.24) is 4.98 Å². The highest BCUT2D eigenvalue weighted by Gasteiger charge is 2.16. The van der Waals surface area contributed by atoms with E-state index in [1.54, 1.807) is 0 Å². The Kier molecular flexibility index (Phi) is 9.16. The summed E-state index contributed by atoms with van der Waals surface area (Å²) in [5.41, 5.74) is 14.2. The number of aromatic nitrogens is 1. The molecular weight excluding hydrogens is 597 g/mol. The number of oxazole rings is 1. The van der Waals surface area contributed by atoms with Gasteiger partial charge in [-0.1, -0.05) is 135 Å². The van der Waals surface area contributed by atoms with Gasteiger partial charge >= 0.3 is 0 Å². The summed E-state index contributed by atoms with van der Waals surface area (Å²) in [6, 6.07) is 61.8. The van der Waals surface area contributed by atoms with Gasteiger partial charge in [-0.25, -0.2) is 4.98 Å². The van der Waals surface area contributed by atoms with E-state index in [-0.39, 0.29) is 0 Å². The lowest BCUT2D eigenvalue weighted by Crippen LogP contribution is -2.09. The van der Waals surface area contributed by atoms with Crippen molar-refractivity contribution >= 4 is 28.2 Å². The zero-order valence-corrected chi connectivity index (χ0v) is 28.0. The van der Waals surface area contributed by atoms with Crippen molar-refractivity contribution in [2.24, 2.45) is 0 Å². The molecule has 0 unspecified atom stereocenters. The lowest BCUT2D eigenvalue weighted by atomic mass is 9.89. The lowest BCUT2D eigenvalue weighted by Gasteiger charge is -2.25. The van der Waals surface area contributed by atoms with E-state index in [4.69, 9.17) is 9.40 Å². The monoisotopic (exact) mass is 634 g/mol. The van der Waals surface area contributed by atoms with Crippen molar-refractivity contribution in [2.45, 2.75) is 20.8 Å². The van der Waals surface area contributed by atoms with Crippen molar-refractivity contribution in [3.8, 4) is 44.8 Å². The van der Waals surface area contributed by atoms with Crippen LogP contribution in [0.3, 0.4) is 0 Å². The van der Waals surface area contributed by atoms with Crippen LogP contribution in [0.15, 0.2) is 180 Å². The van der Waals surface area contributed by atoms with Crippen LogP contribution in [0, 0.1) is 6.92 Å². The van der Waals surface area contributed by atoms with E-state index in [0.717, 1.165) is 44.9 Å². The van der Waals surface area contributed by atoms with Crippen LogP contribution >= 0.6 is 0 Å². The molecule has 1 heterocycles. The molecule has 0 fully saturated rings. The Bertz CT molecular complexity index is 2250. The van der Waals surface area contributed by atoms with Crippen molar-refractivity contribution in [1.29, 1.82) is 0 Å². The Morgan fingerprint density at radius 3 is 1.35 bits per heavy atom. The van der Waals surface area contributed by atoms with Crippen LogP contribution in [0.5, 0.6) is 0 Å². The maximum atomic E-state index is 6.10. The number of aryl methyl sites for hydroxylation is 1. The van der Waals surface area contributed by atoms with E-state index in [1.807, 2.05) is 26.0 Å². The Morgan fingerprint density at radius 1 is 0.408 bits per heavy atom. The average molecular weight is 635 g/mol. The fourth-order valence-corrected chi connectivity index (χ4v) is 6.33. The van der Waals surface area contributed by atoms with E-state index in [0.29, 0.717) is 5.89 Å². The quantitative estimate of drug-likeness (QED) is 0.175. The van der Waals surface area contributed by atoms with E-state index >= 15 is 0 Å². The van der Waals surface area contributed by atoms with Crippen LogP contribution in [0.2, 0.25) is 0 Å². The Morgan fingerprint density at radius 2 is 0.837 bits per heavy atom. The van der Waals surface area contributed by atoms with Crippen LogP contribution < -0.4 is 4.90 Å². The molecule has 0 amide bonds. The molecule has 1 aromatic heterocycles. The van der Waals surface area contributed by atoms with Gasteiger partial charge in [-0.05, 0) is 100 Å². The molecule has 238 valence electrons. The van der Waals surface area contributed by atoms with Gasteiger partial charge in [0, 0.05) is 22.6 Å². The standard InChI is InChI=1S/C44H32N2O.C2H6/c1-31-13-12-22-42-43(31)45-44(47-42)34-25-23-32(24-26-34)38-18-8-10-20-40(38)41-21-11-9-19-39(41)33-27-29-37(30-28-33)46(35-14-4-2-5-15-35)36-16-6-3-7-17-36;1-2/h2-30H,1H3;1-2H3. The maximum Gasteiger partial charge on any atom is 0.227 e. The van der Waals surface area contributed by atoms with Crippen LogP contribution in [0.25, 0.3) is 55.9 Å². The van der Waals surface area contributed by atoms with E-state index in [1.165, 1.54) is 27.8 Å². The zero-order valence-electron chi connectivity index (χ0n) is 28.0. The number of nitrogens with zero attached hydrogens (tertiary/aromatic N) is 2. The first-order valence-corrected chi connectivity index (χ1v) is 16.9. The number of fused-ring (bicyclic) bond motifs is 1. The first kappa shape index (κ1) is 31.4. The molecular formula is C46H38N2O. The average Bonchev–Trinajstić information content (AvgIpc) is 3.63. The van der Waals surface area contributed by atoms with Gasteiger partial charge in [0.2, 0.25) is 5.89 Å². The Balaban J connectivity index is 0.00000186. The maximum absolute atomic E-state index is 6.10. The Hall–Kier alpha value is -6.19. The molecule has 3 heteroatoms. The lowest BCUT2D eigenvalue weighted by molar-refractivity contribution is 0.620. The van der Waals surface area contributed by atoms with Crippen LogP contribution in [-0.2, 0) is 0 Å². The van der Waals surface area contributed by atoms with Gasteiger partial charge in [-0.15, -0.1) is 0 Å². The molecule has 0 spiro atoms. The van der Waals surface area contributed by atoms with Crippen molar-refractivity contribution in [2.75, 3.05) is 4.90 Å². The minimum atomic E-state index is 0.640. The summed E-state index contributed by atoms with van der Waals surface area (Å²) in [4.78, 5) is 7.07. The van der Waals surface area contributed by atoms with Crippen LogP contribution in [-0.4, -0.2) is 4.98 Å². The molecule has 3 nitrogen and oxygen atoms in total. The minimum Gasteiger partial charge on any atom is -0.436 e. The Labute approximate surface area is 288 Å². The summed E-state index contributed by atoms with van der Waals surface area (Å²) in [6.07, 6.45) is 0. The molecule has 8 aromatic rings. The topological polar surface area (TPSA) is 29.3 Å². The number of anilines is 3. The second kappa shape index (κ2) is 14.3. The number of rotatable bonds is 7. The fraction of sp³-hybridized carbons (Fsp3) is 0.0652. The summed E-state index contributed by atoms with van der Waals surface area (Å²) < 4.78 is 6.10. The third kappa shape index (κ3) is 6.39. The number of hydrogen-bond acceptors (Lipinski definition) is 3. The second-order valence-electron chi connectivity index (χ2n) is 11.7. The van der Waals surface area contributed by atoms with E-state index in [2.05, 4.69) is 176 Å². The third-order valence-electron chi connectivity index (χ3n) is 8.67. The third-order valence-corrected chi connectivity index (χ3v) is 8.67. The first-order chi connectivity index (χ1) is 24.2. The number of para-hydroxylation sites is 3. The molecule has 0 radical (unpaired) electrons. The molecule has 0 N–H and O–H groups in total. The van der Waals surface area contributed by atoms with Crippen LogP contribution in [0.4, 0.5) is 17.1 Å². The smallest absolute Gasteiger partial charge is 0.227 e. The molecule has 49 heavy (non-hydrogen) atoms. The zero-order chi connectivity index (χ0) is 33.6. The predicted molar refractivity (Wildman–Crippen MR) is 207 cm³/mol. The van der Waals surface area contributed by atoms with Gasteiger partial charge in [0.15, 0.2) is 5.58 Å². The SMILES string of the molecule is CC.Cc1cccc2oc(-c3ccc(-c4ccccc4-c4ccccc4-c4ccc(N(c5ccccc5)c5ccccc5)cc4)cc3)nc12. The van der Waals surface area contributed by atoms with E-state index in [9.17, 15) is 0 Å². The summed E-state index contributed by atoms with van der Waals surface area (Å²) in [6.45, 7) is 6.06. The molecule has 0 aliphatic carbocycles. The minimum absolute atomic E-state index is 0.640. The molecule has 0 saturated heterocycles. The predicted octanol–water partition coefficient (Wildman–Crippen LogP) is 13.3. The van der Waals surface area contributed by atoms with E-state index < -0.39 is 0 Å². The molecule has 0 atom stereocenters. The molecule has 0 aliphatic heterocycles. The summed E-state index contributed by atoms with van der Waals surface area (Å²) in [5, 5.41) is 0. The highest BCUT2D eigenvalue weighted by molar-refractivity contribution is 5.92. The molecule has 0 saturated carbocycles. The van der Waals surface area contributed by atoms with Crippen molar-refractivity contribution in [3.63, 3.8) is 0 Å². The summed E-state index contributed by atoms with van der Waals surface area (Å²) in [5.74, 6) is 0.640. The molecule has 8 rings (SSSR count). The number of benzene rings is 7. The van der Waals surface area contributed by atoms with Gasteiger partial charge < -0.3 is 9.32 Å². The number of hydrogen-bond donors (Lipinski definition) is 0. The van der Waals surface area contributed by atoms with Gasteiger partial charge in [0.25, 0.3) is 0 Å². The molecule has 0 bridgehead atoms.